The number of halogens is 2. The minimum atomic E-state index is -2.37. The summed E-state index contributed by atoms with van der Waals surface area (Å²) in [6, 6.07) is 4.78. The SMILES string of the molecule is CC(C)C(NC(=O)c1nc[nH]c(=O)c1O[Si](C)(C)C(C)(C)C)c1cc(Cl)cc(Cl)c1. The third kappa shape index (κ3) is 5.65. The summed E-state index contributed by atoms with van der Waals surface area (Å²) in [7, 11) is -2.37. The smallest absolute Gasteiger partial charge is 0.292 e. The summed E-state index contributed by atoms with van der Waals surface area (Å²) in [5.74, 6) is -0.506. The molecule has 2 N–H and O–H groups in total. The number of nitrogens with one attached hydrogen (secondary N) is 2. The molecule has 1 aromatic carbocycles. The summed E-state index contributed by atoms with van der Waals surface area (Å²) in [6.45, 7) is 14.1. The number of aromatic nitrogens is 2. The molecule has 0 aliphatic rings. The minimum absolute atomic E-state index is 0.0373. The van der Waals surface area contributed by atoms with Gasteiger partial charge in [-0.25, -0.2) is 4.98 Å². The first kappa shape index (κ1) is 24.4. The molecule has 1 aromatic heterocycles. The summed E-state index contributed by atoms with van der Waals surface area (Å²) >= 11 is 12.3. The molecule has 2 aromatic rings. The molecule has 1 unspecified atom stereocenters. The van der Waals surface area contributed by atoms with Gasteiger partial charge in [-0.15, -0.1) is 0 Å². The molecule has 0 aliphatic heterocycles. The molecule has 0 fully saturated rings. The van der Waals surface area contributed by atoms with Gasteiger partial charge in [0, 0.05) is 10.0 Å². The van der Waals surface area contributed by atoms with E-state index in [9.17, 15) is 9.59 Å². The fourth-order valence-corrected chi connectivity index (χ4v) is 4.20. The van der Waals surface area contributed by atoms with E-state index in [-0.39, 0.29) is 28.4 Å². The fourth-order valence-electron chi connectivity index (χ4n) is 2.65. The first-order chi connectivity index (χ1) is 13.7. The van der Waals surface area contributed by atoms with Crippen LogP contribution in [0.2, 0.25) is 28.2 Å². The molecule has 164 valence electrons. The van der Waals surface area contributed by atoms with Crippen LogP contribution in [0, 0.1) is 5.92 Å². The van der Waals surface area contributed by atoms with Crippen molar-refractivity contribution in [2.75, 3.05) is 0 Å². The van der Waals surface area contributed by atoms with Crippen LogP contribution in [0.1, 0.15) is 56.7 Å². The lowest BCUT2D eigenvalue weighted by Crippen LogP contribution is -2.46. The lowest BCUT2D eigenvalue weighted by molar-refractivity contribution is 0.0918. The van der Waals surface area contributed by atoms with Crippen molar-refractivity contribution in [2.24, 2.45) is 5.92 Å². The predicted octanol–water partition coefficient (Wildman–Crippen LogP) is 5.59. The van der Waals surface area contributed by atoms with Gasteiger partial charge in [0.15, 0.2) is 5.69 Å². The fraction of sp³-hybridized carbons (Fsp3) is 0.476. The molecule has 0 aliphatic carbocycles. The largest absolute Gasteiger partial charge is 0.538 e. The Bertz CT molecular complexity index is 964. The van der Waals surface area contributed by atoms with E-state index in [0.29, 0.717) is 10.0 Å². The molecule has 1 amide bonds. The van der Waals surface area contributed by atoms with Gasteiger partial charge in [-0.05, 0) is 47.8 Å². The summed E-state index contributed by atoms with van der Waals surface area (Å²) < 4.78 is 6.16. The van der Waals surface area contributed by atoms with E-state index in [1.54, 1.807) is 18.2 Å². The second-order valence-electron chi connectivity index (χ2n) is 9.17. The summed E-state index contributed by atoms with van der Waals surface area (Å²) in [5.41, 5.74) is 0.252. The molecule has 0 spiro atoms. The average Bonchev–Trinajstić information content (AvgIpc) is 2.58. The first-order valence-corrected chi connectivity index (χ1v) is 13.4. The van der Waals surface area contributed by atoms with Crippen LogP contribution in [-0.4, -0.2) is 24.2 Å². The molecule has 30 heavy (non-hydrogen) atoms. The van der Waals surface area contributed by atoms with Gasteiger partial charge in [-0.3, -0.25) is 9.59 Å². The first-order valence-electron chi connectivity index (χ1n) is 9.76. The third-order valence-corrected chi connectivity index (χ3v) is 10.1. The van der Waals surface area contributed by atoms with E-state index >= 15 is 0 Å². The lowest BCUT2D eigenvalue weighted by Gasteiger charge is -2.36. The van der Waals surface area contributed by atoms with Gasteiger partial charge < -0.3 is 14.7 Å². The second-order valence-corrected chi connectivity index (χ2v) is 14.8. The zero-order valence-corrected chi connectivity index (χ0v) is 20.9. The number of hydrogen-bond donors (Lipinski definition) is 2. The monoisotopic (exact) mass is 469 g/mol. The van der Waals surface area contributed by atoms with Crippen LogP contribution in [0.5, 0.6) is 5.75 Å². The van der Waals surface area contributed by atoms with Crippen molar-refractivity contribution < 1.29 is 9.22 Å². The van der Waals surface area contributed by atoms with Gasteiger partial charge in [0.2, 0.25) is 5.75 Å². The molecular weight excluding hydrogens is 441 g/mol. The maximum Gasteiger partial charge on any atom is 0.292 e. The van der Waals surface area contributed by atoms with Gasteiger partial charge >= 0.3 is 0 Å². The van der Waals surface area contributed by atoms with Gasteiger partial charge in [-0.1, -0.05) is 57.8 Å². The van der Waals surface area contributed by atoms with Crippen LogP contribution in [0.3, 0.4) is 0 Å². The Balaban J connectivity index is 2.43. The summed E-state index contributed by atoms with van der Waals surface area (Å²) in [6.07, 6.45) is 1.20. The van der Waals surface area contributed by atoms with Crippen molar-refractivity contribution in [3.05, 3.63) is 56.2 Å². The van der Waals surface area contributed by atoms with E-state index in [2.05, 4.69) is 36.1 Å². The third-order valence-electron chi connectivity index (χ3n) is 5.39. The van der Waals surface area contributed by atoms with Gasteiger partial charge in [0.05, 0.1) is 12.4 Å². The Morgan fingerprint density at radius 2 is 1.73 bits per heavy atom. The number of hydrogen-bond acceptors (Lipinski definition) is 4. The van der Waals surface area contributed by atoms with Crippen molar-refractivity contribution in [3.63, 3.8) is 0 Å². The number of carbonyl (C=O) groups is 1. The van der Waals surface area contributed by atoms with Crippen LogP contribution in [0.15, 0.2) is 29.3 Å². The number of nitrogens with zero attached hydrogens (tertiary/aromatic N) is 1. The molecular formula is C21H29Cl2N3O3Si. The molecule has 1 atom stereocenters. The number of H-pyrrole nitrogens is 1. The molecule has 9 heteroatoms. The Morgan fingerprint density at radius 1 is 1.17 bits per heavy atom. The van der Waals surface area contributed by atoms with Crippen LogP contribution >= 0.6 is 23.2 Å². The highest BCUT2D eigenvalue weighted by molar-refractivity contribution is 6.74. The van der Waals surface area contributed by atoms with E-state index in [1.165, 1.54) is 6.33 Å². The van der Waals surface area contributed by atoms with Crippen LogP contribution in [0.4, 0.5) is 0 Å². The van der Waals surface area contributed by atoms with Gasteiger partial charge in [0.25, 0.3) is 19.8 Å². The summed E-state index contributed by atoms with van der Waals surface area (Å²) in [5, 5.41) is 3.77. The minimum Gasteiger partial charge on any atom is -0.538 e. The molecule has 6 nitrogen and oxygen atoms in total. The topological polar surface area (TPSA) is 84.1 Å². The maximum absolute atomic E-state index is 13.2. The Hall–Kier alpha value is -1.83. The normalized spacial score (nSPS) is 13.3. The highest BCUT2D eigenvalue weighted by Crippen LogP contribution is 2.37. The van der Waals surface area contributed by atoms with E-state index in [4.69, 9.17) is 27.6 Å². The zero-order valence-electron chi connectivity index (χ0n) is 18.4. The van der Waals surface area contributed by atoms with E-state index < -0.39 is 19.8 Å². The number of benzene rings is 1. The molecule has 1 heterocycles. The second kappa shape index (κ2) is 9.12. The average molecular weight is 470 g/mol. The van der Waals surface area contributed by atoms with Crippen molar-refractivity contribution in [3.8, 4) is 5.75 Å². The Morgan fingerprint density at radius 3 is 2.23 bits per heavy atom. The maximum atomic E-state index is 13.2. The predicted molar refractivity (Wildman–Crippen MR) is 124 cm³/mol. The van der Waals surface area contributed by atoms with Gasteiger partial charge in [0.1, 0.15) is 0 Å². The lowest BCUT2D eigenvalue weighted by atomic mass is 9.96. The van der Waals surface area contributed by atoms with E-state index in [1.807, 2.05) is 26.9 Å². The molecule has 0 radical (unpaired) electrons. The highest BCUT2D eigenvalue weighted by atomic mass is 35.5. The quantitative estimate of drug-likeness (QED) is 0.540. The van der Waals surface area contributed by atoms with Crippen LogP contribution < -0.4 is 15.3 Å². The molecule has 0 saturated carbocycles. The molecule has 0 saturated heterocycles. The highest BCUT2D eigenvalue weighted by Gasteiger charge is 2.40. The standard InChI is InChI=1S/C21H29Cl2N3O3Si/c1-12(2)16(13-8-14(22)10-15(23)9-13)26-19(27)17-18(20(28)25-11-24-17)29-30(6,7)21(3,4)5/h8-12,16H,1-7H3,(H,26,27)(H,24,25,28). The Labute approximate surface area is 188 Å². The number of rotatable bonds is 6. The number of amides is 1. The number of carbonyl (C=O) groups excluding carboxylic acids is 1. The molecule has 2 rings (SSSR count). The van der Waals surface area contributed by atoms with Crippen molar-refractivity contribution in [1.82, 2.24) is 15.3 Å². The zero-order chi connectivity index (χ0) is 22.9. The van der Waals surface area contributed by atoms with Crippen molar-refractivity contribution in [2.45, 2.75) is 58.8 Å². The van der Waals surface area contributed by atoms with E-state index in [0.717, 1.165) is 5.56 Å². The summed E-state index contributed by atoms with van der Waals surface area (Å²) in [4.78, 5) is 32.3. The van der Waals surface area contributed by atoms with Crippen molar-refractivity contribution >= 4 is 37.4 Å². The Kier molecular flexibility index (Phi) is 7.43. The number of aromatic amines is 1. The van der Waals surface area contributed by atoms with Crippen molar-refractivity contribution in [1.29, 1.82) is 0 Å². The van der Waals surface area contributed by atoms with Crippen LogP contribution in [0.25, 0.3) is 0 Å². The molecule has 0 bridgehead atoms. The van der Waals surface area contributed by atoms with Crippen LogP contribution in [-0.2, 0) is 0 Å². The van der Waals surface area contributed by atoms with Gasteiger partial charge in [-0.2, -0.15) is 0 Å².